The summed E-state index contributed by atoms with van der Waals surface area (Å²) >= 11 is 0. The van der Waals surface area contributed by atoms with Crippen LogP contribution in [-0.4, -0.2) is 63.9 Å². The molecule has 0 aliphatic carbocycles. The Balaban J connectivity index is 4.24. The number of hydrogen-bond donors (Lipinski definition) is 3. The Bertz CT molecular complexity index is 697. The van der Waals surface area contributed by atoms with Crippen LogP contribution < -0.4 is 0 Å². The molecule has 0 fully saturated rings. The quantitative estimate of drug-likeness (QED) is 0.0463. The highest BCUT2D eigenvalue weighted by molar-refractivity contribution is 5.70. The molecule has 3 N–H and O–H groups in total. The molecule has 3 unspecified atom stereocenters. The van der Waals surface area contributed by atoms with E-state index in [0.717, 1.165) is 19.4 Å². The van der Waals surface area contributed by atoms with Crippen LogP contribution >= 0.6 is 0 Å². The second-order valence-corrected chi connectivity index (χ2v) is 14.7. The summed E-state index contributed by atoms with van der Waals surface area (Å²) in [4.78, 5) is 34.6. The molecule has 0 heterocycles. The van der Waals surface area contributed by atoms with E-state index in [1.807, 2.05) is 0 Å². The van der Waals surface area contributed by atoms with Gasteiger partial charge in [0.05, 0.1) is 43.9 Å². The fourth-order valence-corrected chi connectivity index (χ4v) is 6.50. The third-order valence-electron chi connectivity index (χ3n) is 10.4. The van der Waals surface area contributed by atoms with Crippen molar-refractivity contribution in [2.45, 2.75) is 188 Å². The highest BCUT2D eigenvalue weighted by Gasteiger charge is 2.31. The zero-order valence-corrected chi connectivity index (χ0v) is 30.8. The minimum Gasteiger partial charge on any atom is -0.481 e. The lowest BCUT2D eigenvalue weighted by Crippen LogP contribution is -2.52. The highest BCUT2D eigenvalue weighted by atomic mass is 16.4. The number of nitrogens with zero attached hydrogens (tertiary/aromatic N) is 1. The minimum absolute atomic E-state index is 0.476. The first-order chi connectivity index (χ1) is 22.0. The molecule has 7 nitrogen and oxygen atoms in total. The highest BCUT2D eigenvalue weighted by Crippen LogP contribution is 2.22. The molecule has 0 saturated heterocycles. The van der Waals surface area contributed by atoms with Crippen LogP contribution in [0.4, 0.5) is 0 Å². The van der Waals surface area contributed by atoms with Crippen molar-refractivity contribution in [1.82, 2.24) is 0 Å². The molecular formula is C39H76NO6+. The van der Waals surface area contributed by atoms with E-state index in [2.05, 4.69) is 6.92 Å². The van der Waals surface area contributed by atoms with Gasteiger partial charge in [0.25, 0.3) is 0 Å². The maximum absolute atomic E-state index is 11.5. The summed E-state index contributed by atoms with van der Waals surface area (Å²) in [5.41, 5.74) is 0. The molecule has 0 rings (SSSR count). The van der Waals surface area contributed by atoms with Crippen LogP contribution in [0, 0.1) is 17.8 Å². The first kappa shape index (κ1) is 44.4. The molecule has 0 aliphatic rings. The van der Waals surface area contributed by atoms with Gasteiger partial charge in [-0.1, -0.05) is 156 Å². The molecule has 0 radical (unpaired) electrons. The molecular weight excluding hydrogens is 578 g/mol. The molecule has 46 heavy (non-hydrogen) atoms. The van der Waals surface area contributed by atoms with E-state index in [-0.39, 0.29) is 0 Å². The number of hydrogen-bond acceptors (Lipinski definition) is 3. The summed E-state index contributed by atoms with van der Waals surface area (Å²) in [5.74, 6) is -3.89. The van der Waals surface area contributed by atoms with Crippen LogP contribution in [0.2, 0.25) is 0 Å². The molecule has 0 spiro atoms. The van der Waals surface area contributed by atoms with Gasteiger partial charge in [-0.15, -0.1) is 0 Å². The summed E-state index contributed by atoms with van der Waals surface area (Å²) < 4.78 is 0.617. The van der Waals surface area contributed by atoms with Gasteiger partial charge < -0.3 is 19.8 Å². The van der Waals surface area contributed by atoms with Gasteiger partial charge in [-0.3, -0.25) is 14.4 Å². The maximum Gasteiger partial charge on any atom is 0.306 e. The number of unbranched alkanes of at least 4 members (excludes halogenated alkanes) is 21. The van der Waals surface area contributed by atoms with Crippen molar-refractivity contribution in [3.63, 3.8) is 0 Å². The first-order valence-corrected chi connectivity index (χ1v) is 19.6. The topological polar surface area (TPSA) is 112 Å². The van der Waals surface area contributed by atoms with E-state index in [4.69, 9.17) is 0 Å². The largest absolute Gasteiger partial charge is 0.481 e. The number of carboxylic acid groups (broad SMARTS) is 3. The van der Waals surface area contributed by atoms with Gasteiger partial charge in [0.15, 0.2) is 0 Å². The van der Waals surface area contributed by atoms with E-state index < -0.39 is 35.7 Å². The predicted octanol–water partition coefficient (Wildman–Crippen LogP) is 10.7. The monoisotopic (exact) mass is 655 g/mol. The van der Waals surface area contributed by atoms with Crippen LogP contribution in [0.5, 0.6) is 0 Å². The lowest BCUT2D eigenvalue weighted by molar-refractivity contribution is -0.929. The number of rotatable bonds is 35. The average molecular weight is 655 g/mol. The zero-order valence-electron chi connectivity index (χ0n) is 30.8. The van der Waals surface area contributed by atoms with Gasteiger partial charge in [-0.25, -0.2) is 0 Å². The Morgan fingerprint density at radius 2 is 0.609 bits per heavy atom. The van der Waals surface area contributed by atoms with Crippen molar-refractivity contribution in [3.05, 3.63) is 0 Å². The van der Waals surface area contributed by atoms with E-state index in [9.17, 15) is 29.7 Å². The molecule has 272 valence electrons. The smallest absolute Gasteiger partial charge is 0.306 e. The van der Waals surface area contributed by atoms with Gasteiger partial charge in [-0.05, 0) is 12.8 Å². The van der Waals surface area contributed by atoms with Gasteiger partial charge in [0.2, 0.25) is 0 Å². The first-order valence-electron chi connectivity index (χ1n) is 19.6. The molecule has 0 aromatic carbocycles. The van der Waals surface area contributed by atoms with Crippen LogP contribution in [0.1, 0.15) is 188 Å². The minimum atomic E-state index is -0.819. The molecule has 3 atom stereocenters. The predicted molar refractivity (Wildman–Crippen MR) is 191 cm³/mol. The standard InChI is InChI=1S/C39H75NO6/c1-5-6-7-8-9-10-11-12-13-14-15-16-17-18-19-20-21-22-23-24-25-26-30-40(31-27-34(2)37(41)42,32-28-35(3)38(43)44)33-29-36(4)39(45)46/h34-36H,5-33H2,1-4H3,(H2-,41,42,43,44,45,46)/p+1. The maximum atomic E-state index is 11.5. The Labute approximate surface area is 283 Å². The Morgan fingerprint density at radius 1 is 0.391 bits per heavy atom. The van der Waals surface area contributed by atoms with E-state index in [1.165, 1.54) is 128 Å². The number of quaternary nitrogens is 1. The van der Waals surface area contributed by atoms with E-state index in [0.29, 0.717) is 43.4 Å². The van der Waals surface area contributed by atoms with Gasteiger partial charge in [0.1, 0.15) is 0 Å². The number of aliphatic carboxylic acids is 3. The van der Waals surface area contributed by atoms with Crippen molar-refractivity contribution < 1.29 is 34.2 Å². The summed E-state index contributed by atoms with van der Waals surface area (Å²) in [6.07, 6.45) is 31.1. The normalized spacial score (nSPS) is 14.9. The van der Waals surface area contributed by atoms with Gasteiger partial charge >= 0.3 is 17.9 Å². The van der Waals surface area contributed by atoms with E-state index >= 15 is 0 Å². The van der Waals surface area contributed by atoms with Crippen molar-refractivity contribution in [2.75, 3.05) is 26.2 Å². The molecule has 7 heteroatoms. The van der Waals surface area contributed by atoms with Crippen LogP contribution in [0.15, 0.2) is 0 Å². The zero-order chi connectivity index (χ0) is 34.5. The third-order valence-corrected chi connectivity index (χ3v) is 10.4. The summed E-state index contributed by atoms with van der Waals surface area (Å²) in [6, 6.07) is 0. The lowest BCUT2D eigenvalue weighted by atomic mass is 10.0. The molecule has 0 aliphatic heterocycles. The second kappa shape index (κ2) is 29.5. The van der Waals surface area contributed by atoms with Crippen molar-refractivity contribution >= 4 is 17.9 Å². The molecule has 0 saturated carbocycles. The molecule has 0 bridgehead atoms. The molecule has 0 amide bonds. The van der Waals surface area contributed by atoms with Crippen molar-refractivity contribution in [3.8, 4) is 0 Å². The number of carbonyl (C=O) groups is 3. The van der Waals surface area contributed by atoms with E-state index in [1.54, 1.807) is 20.8 Å². The van der Waals surface area contributed by atoms with Crippen LogP contribution in [0.3, 0.4) is 0 Å². The summed E-state index contributed by atoms with van der Waals surface area (Å²) in [5, 5.41) is 28.4. The summed E-state index contributed by atoms with van der Waals surface area (Å²) in [7, 11) is 0. The third kappa shape index (κ3) is 25.5. The van der Waals surface area contributed by atoms with Crippen molar-refractivity contribution in [1.29, 1.82) is 0 Å². The van der Waals surface area contributed by atoms with Gasteiger partial charge in [0, 0.05) is 19.3 Å². The van der Waals surface area contributed by atoms with Gasteiger partial charge in [-0.2, -0.15) is 0 Å². The fourth-order valence-electron chi connectivity index (χ4n) is 6.50. The van der Waals surface area contributed by atoms with Crippen molar-refractivity contribution in [2.24, 2.45) is 17.8 Å². The lowest BCUT2D eigenvalue weighted by Gasteiger charge is -2.40. The number of carboxylic acids is 3. The fraction of sp³-hybridized carbons (Fsp3) is 0.923. The SMILES string of the molecule is CCCCCCCCCCCCCCCCCCCCCCCC[N+](CCC(C)C(=O)O)(CCC(C)C(=O)O)CCC(C)C(=O)O. The Hall–Kier alpha value is -1.63. The average Bonchev–Trinajstić information content (AvgIpc) is 3.03. The summed E-state index contributed by atoms with van der Waals surface area (Å²) in [6.45, 7) is 10.2. The molecule has 0 aromatic heterocycles. The Morgan fingerprint density at radius 3 is 0.826 bits per heavy atom. The Kier molecular flexibility index (Phi) is 28.5. The van der Waals surface area contributed by atoms with Crippen LogP contribution in [-0.2, 0) is 14.4 Å². The second-order valence-electron chi connectivity index (χ2n) is 14.7. The van der Waals surface area contributed by atoms with Crippen LogP contribution in [0.25, 0.3) is 0 Å². The molecule has 0 aromatic rings.